The van der Waals surface area contributed by atoms with Crippen molar-refractivity contribution < 1.29 is 4.74 Å². The summed E-state index contributed by atoms with van der Waals surface area (Å²) < 4.78 is 5.37. The van der Waals surface area contributed by atoms with E-state index in [1.807, 2.05) is 13.1 Å². The van der Waals surface area contributed by atoms with Crippen molar-refractivity contribution in [2.45, 2.75) is 39.2 Å². The van der Waals surface area contributed by atoms with Crippen LogP contribution in [0, 0.1) is 5.92 Å². The van der Waals surface area contributed by atoms with Gasteiger partial charge >= 0.3 is 0 Å². The molecule has 0 bridgehead atoms. The molecule has 2 nitrogen and oxygen atoms in total. The summed E-state index contributed by atoms with van der Waals surface area (Å²) in [6.45, 7) is 4.56. The minimum atomic E-state index is 0.439. The molecule has 0 saturated carbocycles. The first-order chi connectivity index (χ1) is 7.69. The number of nitrogens with one attached hydrogen (secondary N) is 1. The molecule has 0 aliphatic rings. The van der Waals surface area contributed by atoms with Crippen molar-refractivity contribution in [2.24, 2.45) is 5.92 Å². The SMILES string of the molecule is CNC(CCCC(C)C)c1sccc1OC. The third-order valence-corrected chi connectivity index (χ3v) is 3.83. The van der Waals surface area contributed by atoms with E-state index in [-0.39, 0.29) is 0 Å². The topological polar surface area (TPSA) is 21.3 Å². The molecule has 0 amide bonds. The maximum Gasteiger partial charge on any atom is 0.134 e. The normalized spacial score (nSPS) is 13.1. The number of ether oxygens (including phenoxy) is 1. The van der Waals surface area contributed by atoms with E-state index in [2.05, 4.69) is 24.5 Å². The summed E-state index contributed by atoms with van der Waals surface area (Å²) in [5.74, 6) is 1.82. The van der Waals surface area contributed by atoms with Gasteiger partial charge in [0.15, 0.2) is 0 Å². The molecule has 3 heteroatoms. The van der Waals surface area contributed by atoms with Gasteiger partial charge in [-0.2, -0.15) is 0 Å². The van der Waals surface area contributed by atoms with Crippen LogP contribution in [-0.2, 0) is 0 Å². The fourth-order valence-electron chi connectivity index (χ4n) is 1.87. The van der Waals surface area contributed by atoms with Crippen LogP contribution in [0.25, 0.3) is 0 Å². The van der Waals surface area contributed by atoms with Crippen molar-refractivity contribution in [3.63, 3.8) is 0 Å². The van der Waals surface area contributed by atoms with Gasteiger partial charge in [-0.05, 0) is 30.8 Å². The number of hydrogen-bond acceptors (Lipinski definition) is 3. The molecule has 0 aromatic carbocycles. The first-order valence-electron chi connectivity index (χ1n) is 5.97. The Morgan fingerprint density at radius 2 is 2.12 bits per heavy atom. The summed E-state index contributed by atoms with van der Waals surface area (Å²) in [4.78, 5) is 1.33. The van der Waals surface area contributed by atoms with Gasteiger partial charge in [-0.15, -0.1) is 11.3 Å². The third-order valence-electron chi connectivity index (χ3n) is 2.82. The Kier molecular flexibility index (Phi) is 5.85. The van der Waals surface area contributed by atoms with Gasteiger partial charge in [0.05, 0.1) is 12.0 Å². The highest BCUT2D eigenvalue weighted by Gasteiger charge is 2.15. The van der Waals surface area contributed by atoms with Crippen molar-refractivity contribution >= 4 is 11.3 Å². The summed E-state index contributed by atoms with van der Waals surface area (Å²) in [7, 11) is 3.77. The van der Waals surface area contributed by atoms with Gasteiger partial charge in [0.1, 0.15) is 5.75 Å². The van der Waals surface area contributed by atoms with Crippen molar-refractivity contribution in [2.75, 3.05) is 14.2 Å². The molecule has 1 N–H and O–H groups in total. The van der Waals surface area contributed by atoms with Crippen LogP contribution in [0.15, 0.2) is 11.4 Å². The van der Waals surface area contributed by atoms with Crippen LogP contribution in [0.1, 0.15) is 44.0 Å². The van der Waals surface area contributed by atoms with E-state index < -0.39 is 0 Å². The lowest BCUT2D eigenvalue weighted by molar-refractivity contribution is 0.399. The second-order valence-corrected chi connectivity index (χ2v) is 5.47. The third kappa shape index (κ3) is 3.80. The summed E-state index contributed by atoms with van der Waals surface area (Å²) in [5.41, 5.74) is 0. The number of rotatable bonds is 7. The Morgan fingerprint density at radius 1 is 1.38 bits per heavy atom. The second kappa shape index (κ2) is 6.92. The molecule has 0 aliphatic carbocycles. The Labute approximate surface area is 103 Å². The molecular formula is C13H23NOS. The Bertz CT molecular complexity index is 296. The van der Waals surface area contributed by atoms with Gasteiger partial charge in [-0.1, -0.05) is 26.7 Å². The van der Waals surface area contributed by atoms with Crippen molar-refractivity contribution in [3.8, 4) is 5.75 Å². The lowest BCUT2D eigenvalue weighted by Gasteiger charge is -2.16. The van der Waals surface area contributed by atoms with Crippen molar-refractivity contribution in [1.29, 1.82) is 0 Å². The molecule has 1 atom stereocenters. The van der Waals surface area contributed by atoms with Gasteiger partial charge < -0.3 is 10.1 Å². The van der Waals surface area contributed by atoms with Crippen molar-refractivity contribution in [3.05, 3.63) is 16.3 Å². The van der Waals surface area contributed by atoms with E-state index in [4.69, 9.17) is 4.74 Å². The zero-order valence-corrected chi connectivity index (χ0v) is 11.6. The molecule has 1 aromatic heterocycles. The summed E-state index contributed by atoms with van der Waals surface area (Å²) in [6.07, 6.45) is 3.75. The van der Waals surface area contributed by atoms with Crippen LogP contribution in [0.3, 0.4) is 0 Å². The van der Waals surface area contributed by atoms with E-state index in [1.54, 1.807) is 18.4 Å². The van der Waals surface area contributed by atoms with Crippen LogP contribution >= 0.6 is 11.3 Å². The highest BCUT2D eigenvalue weighted by atomic mass is 32.1. The highest BCUT2D eigenvalue weighted by Crippen LogP contribution is 2.33. The lowest BCUT2D eigenvalue weighted by atomic mass is 10.0. The monoisotopic (exact) mass is 241 g/mol. The molecule has 1 aromatic rings. The molecule has 1 heterocycles. The smallest absolute Gasteiger partial charge is 0.134 e. The van der Waals surface area contributed by atoms with E-state index in [9.17, 15) is 0 Å². The minimum Gasteiger partial charge on any atom is -0.496 e. The number of thiophene rings is 1. The molecule has 92 valence electrons. The van der Waals surface area contributed by atoms with Gasteiger partial charge in [0.2, 0.25) is 0 Å². The summed E-state index contributed by atoms with van der Waals surface area (Å²) in [6, 6.07) is 2.49. The largest absolute Gasteiger partial charge is 0.496 e. The molecule has 1 unspecified atom stereocenters. The van der Waals surface area contributed by atoms with E-state index in [0.29, 0.717) is 6.04 Å². The highest BCUT2D eigenvalue weighted by molar-refractivity contribution is 7.10. The average Bonchev–Trinajstić information content (AvgIpc) is 2.72. The second-order valence-electron chi connectivity index (χ2n) is 4.52. The van der Waals surface area contributed by atoms with E-state index in [0.717, 1.165) is 11.7 Å². The predicted molar refractivity (Wildman–Crippen MR) is 71.4 cm³/mol. The summed E-state index contributed by atoms with van der Waals surface area (Å²) in [5, 5.41) is 5.48. The zero-order valence-electron chi connectivity index (χ0n) is 10.7. The molecule has 1 rings (SSSR count). The maximum atomic E-state index is 5.37. The van der Waals surface area contributed by atoms with Crippen LogP contribution in [-0.4, -0.2) is 14.2 Å². The predicted octanol–water partition coefficient (Wildman–Crippen LogP) is 3.84. The van der Waals surface area contributed by atoms with Crippen LogP contribution < -0.4 is 10.1 Å². The molecular weight excluding hydrogens is 218 g/mol. The van der Waals surface area contributed by atoms with Crippen LogP contribution in [0.2, 0.25) is 0 Å². The average molecular weight is 241 g/mol. The zero-order chi connectivity index (χ0) is 12.0. The van der Waals surface area contributed by atoms with Crippen LogP contribution in [0.4, 0.5) is 0 Å². The first-order valence-corrected chi connectivity index (χ1v) is 6.85. The fourth-order valence-corrected chi connectivity index (χ4v) is 2.87. The summed E-state index contributed by atoms with van der Waals surface area (Å²) >= 11 is 1.78. The lowest BCUT2D eigenvalue weighted by Crippen LogP contribution is -2.15. The number of methoxy groups -OCH3 is 1. The molecule has 16 heavy (non-hydrogen) atoms. The van der Waals surface area contributed by atoms with E-state index >= 15 is 0 Å². The number of hydrogen-bond donors (Lipinski definition) is 1. The molecule has 0 radical (unpaired) electrons. The molecule has 0 saturated heterocycles. The fraction of sp³-hybridized carbons (Fsp3) is 0.692. The first kappa shape index (κ1) is 13.5. The van der Waals surface area contributed by atoms with Gasteiger partial charge in [0, 0.05) is 6.04 Å². The Morgan fingerprint density at radius 3 is 2.69 bits per heavy atom. The van der Waals surface area contributed by atoms with Gasteiger partial charge in [-0.25, -0.2) is 0 Å². The molecule has 0 fully saturated rings. The quantitative estimate of drug-likeness (QED) is 0.783. The Hall–Kier alpha value is -0.540. The van der Waals surface area contributed by atoms with Gasteiger partial charge in [0.25, 0.3) is 0 Å². The molecule has 0 spiro atoms. The van der Waals surface area contributed by atoms with Crippen molar-refractivity contribution in [1.82, 2.24) is 5.32 Å². The minimum absolute atomic E-state index is 0.439. The molecule has 0 aliphatic heterocycles. The standard InChI is InChI=1S/C13H23NOS/c1-10(2)6-5-7-11(14-3)13-12(15-4)8-9-16-13/h8-11,14H,5-7H2,1-4H3. The maximum absolute atomic E-state index is 5.37. The van der Waals surface area contributed by atoms with E-state index in [1.165, 1.54) is 24.1 Å². The Balaban J connectivity index is 2.53. The van der Waals surface area contributed by atoms with Gasteiger partial charge in [-0.3, -0.25) is 0 Å². The van der Waals surface area contributed by atoms with Crippen LogP contribution in [0.5, 0.6) is 5.75 Å².